The number of benzene rings is 1. The van der Waals surface area contributed by atoms with Crippen LogP contribution in [0.25, 0.3) is 16.9 Å². The van der Waals surface area contributed by atoms with Crippen molar-refractivity contribution in [2.45, 2.75) is 44.8 Å². The Labute approximate surface area is 207 Å². The maximum Gasteiger partial charge on any atom is 0.409 e. The first-order valence-electron chi connectivity index (χ1n) is 12.0. The number of pyridine rings is 1. The molecular formula is C26H28F2N4O4. The van der Waals surface area contributed by atoms with E-state index in [1.165, 1.54) is 19.2 Å². The summed E-state index contributed by atoms with van der Waals surface area (Å²) in [5, 5.41) is 3.07. The number of nitrogens with one attached hydrogen (secondary N) is 1. The summed E-state index contributed by atoms with van der Waals surface area (Å²) >= 11 is 0. The number of carbonyl (C=O) groups excluding carboxylic acids is 2. The van der Waals surface area contributed by atoms with E-state index in [2.05, 4.69) is 10.3 Å². The summed E-state index contributed by atoms with van der Waals surface area (Å²) in [5.74, 6) is -1.35. The molecule has 2 aromatic heterocycles. The highest BCUT2D eigenvalue weighted by Crippen LogP contribution is 2.33. The van der Waals surface area contributed by atoms with Gasteiger partial charge in [0.15, 0.2) is 0 Å². The molecule has 0 radical (unpaired) electrons. The maximum atomic E-state index is 15.4. The highest BCUT2D eigenvalue weighted by Gasteiger charge is 2.29. The molecule has 1 saturated heterocycles. The summed E-state index contributed by atoms with van der Waals surface area (Å²) in [6.45, 7) is 2.95. The zero-order valence-corrected chi connectivity index (χ0v) is 20.2. The number of hydrogen-bond donors (Lipinski definition) is 1. The van der Waals surface area contributed by atoms with Crippen molar-refractivity contribution in [3.63, 3.8) is 0 Å². The third-order valence-corrected chi connectivity index (χ3v) is 6.77. The highest BCUT2D eigenvalue weighted by atomic mass is 19.1. The van der Waals surface area contributed by atoms with Crippen LogP contribution in [0.4, 0.5) is 19.3 Å². The van der Waals surface area contributed by atoms with Crippen LogP contribution in [-0.2, 0) is 20.7 Å². The zero-order valence-electron chi connectivity index (χ0n) is 20.2. The number of anilines is 1. The Morgan fingerprint density at radius 1 is 1.28 bits per heavy atom. The van der Waals surface area contributed by atoms with Crippen molar-refractivity contribution in [3.05, 3.63) is 53.4 Å². The van der Waals surface area contributed by atoms with Gasteiger partial charge in [0.25, 0.3) is 0 Å². The Morgan fingerprint density at radius 3 is 2.75 bits per heavy atom. The number of methoxy groups -OCH3 is 1. The van der Waals surface area contributed by atoms with E-state index >= 15 is 8.78 Å². The summed E-state index contributed by atoms with van der Waals surface area (Å²) in [6, 6.07) is 6.11. The van der Waals surface area contributed by atoms with Crippen LogP contribution in [0.15, 0.2) is 30.5 Å². The van der Waals surface area contributed by atoms with E-state index in [0.29, 0.717) is 56.0 Å². The van der Waals surface area contributed by atoms with Gasteiger partial charge < -0.3 is 24.1 Å². The second kappa shape index (κ2) is 9.85. The first-order valence-corrected chi connectivity index (χ1v) is 12.0. The molecule has 1 aliphatic carbocycles. The molecule has 8 nitrogen and oxygen atoms in total. The summed E-state index contributed by atoms with van der Waals surface area (Å²) in [6.07, 6.45) is 2.73. The predicted octanol–water partition coefficient (Wildman–Crippen LogP) is 4.13. The molecule has 1 amide bonds. The van der Waals surface area contributed by atoms with Crippen molar-refractivity contribution in [1.29, 1.82) is 0 Å². The second-order valence-corrected chi connectivity index (χ2v) is 9.39. The number of nitrogens with zero attached hydrogens (tertiary/aromatic N) is 3. The van der Waals surface area contributed by atoms with E-state index < -0.39 is 23.8 Å². The first kappa shape index (κ1) is 24.2. The normalized spacial score (nSPS) is 20.2. The summed E-state index contributed by atoms with van der Waals surface area (Å²) in [5.41, 5.74) is 2.37. The average molecular weight is 499 g/mol. The molecule has 0 spiro atoms. The molecule has 1 saturated carbocycles. The fourth-order valence-corrected chi connectivity index (χ4v) is 5.00. The third-order valence-electron chi connectivity index (χ3n) is 6.77. The first-order chi connectivity index (χ1) is 17.3. The third kappa shape index (κ3) is 4.77. The van der Waals surface area contributed by atoms with Gasteiger partial charge in [-0.3, -0.25) is 4.79 Å². The van der Waals surface area contributed by atoms with Crippen LogP contribution in [0.3, 0.4) is 0 Å². The number of ether oxygens (including phenoxy) is 2. The summed E-state index contributed by atoms with van der Waals surface area (Å²) in [4.78, 5) is 29.7. The van der Waals surface area contributed by atoms with Gasteiger partial charge in [-0.1, -0.05) is 0 Å². The molecule has 2 aliphatic rings. The predicted molar refractivity (Wildman–Crippen MR) is 129 cm³/mol. The number of carbonyl (C=O) groups is 2. The van der Waals surface area contributed by atoms with E-state index in [0.717, 1.165) is 5.56 Å². The number of rotatable bonds is 5. The molecule has 2 atom stereocenters. The standard InChI is InChI=1S/C26H28F2N4O4/c1-15-5-6-32-22(13-19-14-31(7-8-36-19)26(34)35-2)25(30-23(32)9-15)24-20(27)11-17(12-21(24)28)29-16-3-4-18(33)10-16/h5-6,9,11-12,16,19,29H,3-4,7-8,10,13-14H2,1-2H3. The lowest BCUT2D eigenvalue weighted by atomic mass is 10.0. The Hall–Kier alpha value is -3.53. The van der Waals surface area contributed by atoms with Crippen molar-refractivity contribution in [1.82, 2.24) is 14.3 Å². The van der Waals surface area contributed by atoms with Crippen molar-refractivity contribution < 1.29 is 27.8 Å². The van der Waals surface area contributed by atoms with E-state index in [9.17, 15) is 9.59 Å². The molecule has 3 heterocycles. The molecule has 36 heavy (non-hydrogen) atoms. The van der Waals surface area contributed by atoms with Gasteiger partial charge in [-0.05, 0) is 43.2 Å². The molecule has 10 heteroatoms. The smallest absolute Gasteiger partial charge is 0.409 e. The minimum absolute atomic E-state index is 0.128. The van der Waals surface area contributed by atoms with Gasteiger partial charge in [0.1, 0.15) is 23.1 Å². The van der Waals surface area contributed by atoms with Gasteiger partial charge in [-0.2, -0.15) is 0 Å². The van der Waals surface area contributed by atoms with Crippen molar-refractivity contribution >= 4 is 23.2 Å². The zero-order chi connectivity index (χ0) is 25.4. The molecular weight excluding hydrogens is 470 g/mol. The lowest BCUT2D eigenvalue weighted by Gasteiger charge is -2.32. The number of imidazole rings is 1. The topological polar surface area (TPSA) is 85.2 Å². The largest absolute Gasteiger partial charge is 0.453 e. The number of halogens is 2. The van der Waals surface area contributed by atoms with Crippen molar-refractivity contribution in [2.75, 3.05) is 32.1 Å². The van der Waals surface area contributed by atoms with Gasteiger partial charge in [0.2, 0.25) is 0 Å². The van der Waals surface area contributed by atoms with Gasteiger partial charge in [-0.15, -0.1) is 0 Å². The Balaban J connectivity index is 1.50. The minimum atomic E-state index is -0.746. The van der Waals surface area contributed by atoms with Crippen molar-refractivity contribution in [3.8, 4) is 11.3 Å². The van der Waals surface area contributed by atoms with Gasteiger partial charge in [0.05, 0.1) is 43.3 Å². The van der Waals surface area contributed by atoms with Crippen LogP contribution in [0.1, 0.15) is 30.5 Å². The fourth-order valence-electron chi connectivity index (χ4n) is 5.00. The van der Waals surface area contributed by atoms with E-state index in [1.54, 1.807) is 9.30 Å². The average Bonchev–Trinajstić information content (AvgIpc) is 3.40. The molecule has 1 N–H and O–H groups in total. The van der Waals surface area contributed by atoms with E-state index in [1.807, 2.05) is 25.3 Å². The summed E-state index contributed by atoms with van der Waals surface area (Å²) in [7, 11) is 1.33. The van der Waals surface area contributed by atoms with Gasteiger partial charge in [0, 0.05) is 43.7 Å². The molecule has 1 aliphatic heterocycles. The number of amides is 1. The van der Waals surface area contributed by atoms with Crippen LogP contribution in [0, 0.1) is 18.6 Å². The number of Topliss-reactive ketones (excluding diaryl/α,β-unsaturated/α-hetero) is 1. The lowest BCUT2D eigenvalue weighted by molar-refractivity contribution is -0.117. The highest BCUT2D eigenvalue weighted by molar-refractivity contribution is 5.82. The van der Waals surface area contributed by atoms with Crippen LogP contribution < -0.4 is 5.32 Å². The summed E-state index contributed by atoms with van der Waals surface area (Å²) < 4.78 is 43.4. The van der Waals surface area contributed by atoms with Gasteiger partial charge in [-0.25, -0.2) is 18.6 Å². The molecule has 190 valence electrons. The second-order valence-electron chi connectivity index (χ2n) is 9.39. The molecule has 0 bridgehead atoms. The monoisotopic (exact) mass is 498 g/mol. The van der Waals surface area contributed by atoms with E-state index in [4.69, 9.17) is 9.47 Å². The molecule has 5 rings (SSSR count). The number of aromatic nitrogens is 2. The minimum Gasteiger partial charge on any atom is -0.453 e. The molecule has 2 unspecified atom stereocenters. The fraction of sp³-hybridized carbons (Fsp3) is 0.423. The molecule has 3 aromatic rings. The van der Waals surface area contributed by atoms with E-state index in [-0.39, 0.29) is 29.5 Å². The number of ketones is 1. The SMILES string of the molecule is COC(=O)N1CCOC(Cc2c(-c3c(F)cc(NC4CCC(=O)C4)cc3F)nc3cc(C)ccn23)C1. The quantitative estimate of drug-likeness (QED) is 0.570. The Bertz CT molecular complexity index is 1300. The Kier molecular flexibility index (Phi) is 6.61. The maximum absolute atomic E-state index is 15.4. The molecule has 1 aromatic carbocycles. The Morgan fingerprint density at radius 2 is 2.06 bits per heavy atom. The number of aryl methyl sites for hydroxylation is 1. The number of morpholine rings is 1. The molecule has 2 fully saturated rings. The van der Waals surface area contributed by atoms with Crippen LogP contribution in [-0.4, -0.2) is 65.1 Å². The number of hydrogen-bond acceptors (Lipinski definition) is 6. The lowest BCUT2D eigenvalue weighted by Crippen LogP contribution is -2.46. The van der Waals surface area contributed by atoms with Crippen LogP contribution in [0.2, 0.25) is 0 Å². The van der Waals surface area contributed by atoms with Gasteiger partial charge >= 0.3 is 6.09 Å². The van der Waals surface area contributed by atoms with Crippen LogP contribution >= 0.6 is 0 Å². The van der Waals surface area contributed by atoms with Crippen LogP contribution in [0.5, 0.6) is 0 Å². The number of fused-ring (bicyclic) bond motifs is 1. The van der Waals surface area contributed by atoms with Crippen molar-refractivity contribution in [2.24, 2.45) is 0 Å².